The second kappa shape index (κ2) is 4.33. The molecule has 0 bridgehead atoms. The number of aromatic nitrogens is 5. The van der Waals surface area contributed by atoms with E-state index in [0.29, 0.717) is 6.04 Å². The Bertz CT molecular complexity index is 521. The van der Waals surface area contributed by atoms with Crippen molar-refractivity contribution in [3.63, 3.8) is 0 Å². The van der Waals surface area contributed by atoms with E-state index in [9.17, 15) is 0 Å². The molecule has 1 saturated carbocycles. The van der Waals surface area contributed by atoms with Crippen molar-refractivity contribution in [3.05, 3.63) is 24.0 Å². The van der Waals surface area contributed by atoms with Crippen LogP contribution in [0.2, 0.25) is 0 Å². The highest BCUT2D eigenvalue weighted by atomic mass is 32.2. The van der Waals surface area contributed by atoms with Crippen LogP contribution in [-0.2, 0) is 5.75 Å². The number of tetrazole rings is 1. The van der Waals surface area contributed by atoms with Crippen molar-refractivity contribution in [2.45, 2.75) is 29.8 Å². The Morgan fingerprint density at radius 3 is 3.12 bits per heavy atom. The maximum atomic E-state index is 5.70. The Labute approximate surface area is 103 Å². The molecule has 0 atom stereocenters. The molecule has 0 spiro atoms. The lowest BCUT2D eigenvalue weighted by atomic mass is 10.3. The zero-order chi connectivity index (χ0) is 11.7. The summed E-state index contributed by atoms with van der Waals surface area (Å²) < 4.78 is 1.90. The fraction of sp³-hybridized carbons (Fsp3) is 0.400. The quantitative estimate of drug-likeness (QED) is 0.821. The SMILES string of the molecule is Nc1ccnc(CSc2nnnn2C2CC2)c1. The number of hydrogen-bond donors (Lipinski definition) is 1. The molecule has 88 valence electrons. The molecule has 17 heavy (non-hydrogen) atoms. The van der Waals surface area contributed by atoms with Gasteiger partial charge in [0.1, 0.15) is 0 Å². The van der Waals surface area contributed by atoms with Crippen LogP contribution < -0.4 is 5.73 Å². The molecule has 2 N–H and O–H groups in total. The van der Waals surface area contributed by atoms with Crippen LogP contribution in [0.4, 0.5) is 5.69 Å². The van der Waals surface area contributed by atoms with Gasteiger partial charge in [0.25, 0.3) is 0 Å². The number of rotatable bonds is 4. The van der Waals surface area contributed by atoms with E-state index in [4.69, 9.17) is 5.73 Å². The van der Waals surface area contributed by atoms with Gasteiger partial charge >= 0.3 is 0 Å². The fourth-order valence-electron chi connectivity index (χ4n) is 1.54. The molecule has 0 aliphatic heterocycles. The van der Waals surface area contributed by atoms with E-state index in [1.54, 1.807) is 24.0 Å². The van der Waals surface area contributed by atoms with Crippen molar-refractivity contribution >= 4 is 17.4 Å². The van der Waals surface area contributed by atoms with Crippen LogP contribution in [0.5, 0.6) is 0 Å². The van der Waals surface area contributed by atoms with Crippen LogP contribution in [0.25, 0.3) is 0 Å². The van der Waals surface area contributed by atoms with Gasteiger partial charge < -0.3 is 5.73 Å². The van der Waals surface area contributed by atoms with E-state index >= 15 is 0 Å². The minimum atomic E-state index is 0.501. The zero-order valence-corrected chi connectivity index (χ0v) is 9.97. The summed E-state index contributed by atoms with van der Waals surface area (Å²) in [5.41, 5.74) is 7.38. The standard InChI is InChI=1S/C10H12N6S/c11-7-3-4-12-8(5-7)6-17-10-13-14-15-16(10)9-1-2-9/h3-5,9H,1-2,6H2,(H2,11,12). The van der Waals surface area contributed by atoms with Gasteiger partial charge in [-0.05, 0) is 35.4 Å². The second-order valence-corrected chi connectivity index (χ2v) is 4.95. The number of nitrogen functional groups attached to an aromatic ring is 1. The van der Waals surface area contributed by atoms with Crippen LogP contribution in [0.15, 0.2) is 23.5 Å². The number of nitrogens with zero attached hydrogens (tertiary/aromatic N) is 5. The van der Waals surface area contributed by atoms with E-state index in [0.717, 1.165) is 22.3 Å². The minimum absolute atomic E-state index is 0.501. The van der Waals surface area contributed by atoms with Gasteiger partial charge in [0.2, 0.25) is 5.16 Å². The normalized spacial score (nSPS) is 15.1. The Morgan fingerprint density at radius 2 is 2.35 bits per heavy atom. The van der Waals surface area contributed by atoms with Crippen molar-refractivity contribution in [1.82, 2.24) is 25.2 Å². The third-order valence-electron chi connectivity index (χ3n) is 2.55. The molecule has 7 heteroatoms. The smallest absolute Gasteiger partial charge is 0.209 e. The predicted octanol–water partition coefficient (Wildman–Crippen LogP) is 1.28. The lowest BCUT2D eigenvalue weighted by molar-refractivity contribution is 0.565. The van der Waals surface area contributed by atoms with Crippen LogP contribution >= 0.6 is 11.8 Å². The van der Waals surface area contributed by atoms with Crippen molar-refractivity contribution in [3.8, 4) is 0 Å². The predicted molar refractivity (Wildman–Crippen MR) is 64.3 cm³/mol. The highest BCUT2D eigenvalue weighted by Crippen LogP contribution is 2.36. The Balaban J connectivity index is 1.69. The summed E-state index contributed by atoms with van der Waals surface area (Å²) in [6.45, 7) is 0. The maximum absolute atomic E-state index is 5.70. The van der Waals surface area contributed by atoms with Crippen LogP contribution in [-0.4, -0.2) is 25.2 Å². The van der Waals surface area contributed by atoms with Crippen molar-refractivity contribution in [2.75, 3.05) is 5.73 Å². The van der Waals surface area contributed by atoms with E-state index in [2.05, 4.69) is 20.5 Å². The number of anilines is 1. The van der Waals surface area contributed by atoms with E-state index in [-0.39, 0.29) is 0 Å². The van der Waals surface area contributed by atoms with Crippen LogP contribution in [0, 0.1) is 0 Å². The number of hydrogen-bond acceptors (Lipinski definition) is 6. The van der Waals surface area contributed by atoms with Gasteiger partial charge in [0, 0.05) is 17.6 Å². The summed E-state index contributed by atoms with van der Waals surface area (Å²) in [4.78, 5) is 4.25. The van der Waals surface area contributed by atoms with Gasteiger partial charge in [-0.1, -0.05) is 11.8 Å². The fourth-order valence-corrected chi connectivity index (χ4v) is 2.39. The number of pyridine rings is 1. The van der Waals surface area contributed by atoms with E-state index in [1.165, 1.54) is 12.8 Å². The van der Waals surface area contributed by atoms with Crippen molar-refractivity contribution in [1.29, 1.82) is 0 Å². The molecule has 0 radical (unpaired) electrons. The third-order valence-corrected chi connectivity index (χ3v) is 3.51. The van der Waals surface area contributed by atoms with Crippen molar-refractivity contribution < 1.29 is 0 Å². The molecular formula is C10H12N6S. The Morgan fingerprint density at radius 1 is 1.47 bits per heavy atom. The maximum Gasteiger partial charge on any atom is 0.209 e. The average Bonchev–Trinajstić information content (AvgIpc) is 3.06. The summed E-state index contributed by atoms with van der Waals surface area (Å²) in [7, 11) is 0. The summed E-state index contributed by atoms with van der Waals surface area (Å²) in [5, 5.41) is 12.6. The number of nitrogens with two attached hydrogens (primary N) is 1. The number of thioether (sulfide) groups is 1. The first-order chi connectivity index (χ1) is 8.33. The summed E-state index contributed by atoms with van der Waals surface area (Å²) in [6, 6.07) is 4.15. The monoisotopic (exact) mass is 248 g/mol. The molecule has 1 aliphatic rings. The summed E-state index contributed by atoms with van der Waals surface area (Å²) in [5.74, 6) is 0.734. The highest BCUT2D eigenvalue weighted by molar-refractivity contribution is 7.98. The molecule has 0 saturated heterocycles. The molecule has 2 aromatic rings. The molecular weight excluding hydrogens is 236 g/mol. The van der Waals surface area contributed by atoms with Crippen molar-refractivity contribution in [2.24, 2.45) is 0 Å². The lowest BCUT2D eigenvalue weighted by Gasteiger charge is -2.02. The molecule has 0 amide bonds. The lowest BCUT2D eigenvalue weighted by Crippen LogP contribution is -1.99. The molecule has 2 heterocycles. The zero-order valence-electron chi connectivity index (χ0n) is 9.15. The van der Waals surface area contributed by atoms with Crippen LogP contribution in [0.1, 0.15) is 24.6 Å². The molecule has 3 rings (SSSR count). The minimum Gasteiger partial charge on any atom is -0.399 e. The molecule has 0 aromatic carbocycles. The van der Waals surface area contributed by atoms with E-state index < -0.39 is 0 Å². The molecule has 1 aliphatic carbocycles. The largest absolute Gasteiger partial charge is 0.399 e. The Hall–Kier alpha value is -1.63. The second-order valence-electron chi connectivity index (χ2n) is 4.01. The van der Waals surface area contributed by atoms with E-state index in [1.807, 2.05) is 10.7 Å². The Kier molecular flexibility index (Phi) is 2.68. The average molecular weight is 248 g/mol. The highest BCUT2D eigenvalue weighted by Gasteiger charge is 2.27. The topological polar surface area (TPSA) is 82.5 Å². The van der Waals surface area contributed by atoms with Gasteiger partial charge in [-0.15, -0.1) is 5.10 Å². The van der Waals surface area contributed by atoms with Gasteiger partial charge in [-0.2, -0.15) is 0 Å². The summed E-state index contributed by atoms with van der Waals surface area (Å²) in [6.07, 6.45) is 4.07. The van der Waals surface area contributed by atoms with Gasteiger partial charge in [-0.3, -0.25) is 4.98 Å². The first-order valence-corrected chi connectivity index (χ1v) is 6.42. The molecule has 1 fully saturated rings. The van der Waals surface area contributed by atoms with Gasteiger partial charge in [0.15, 0.2) is 0 Å². The first-order valence-electron chi connectivity index (χ1n) is 5.44. The molecule has 6 nitrogen and oxygen atoms in total. The van der Waals surface area contributed by atoms with Crippen LogP contribution in [0.3, 0.4) is 0 Å². The summed E-state index contributed by atoms with van der Waals surface area (Å²) >= 11 is 1.59. The molecule has 2 aromatic heterocycles. The van der Waals surface area contributed by atoms with Gasteiger partial charge in [0.05, 0.1) is 11.7 Å². The van der Waals surface area contributed by atoms with Gasteiger partial charge in [-0.25, -0.2) is 4.68 Å². The first kappa shape index (κ1) is 10.5. The third kappa shape index (κ3) is 2.38. The molecule has 0 unspecified atom stereocenters.